The zero-order chi connectivity index (χ0) is 42.1. The largest absolute Gasteiger partial charge is 0.449 e. The van der Waals surface area contributed by atoms with Crippen molar-refractivity contribution in [3.05, 3.63) is 59.7 Å². The zero-order valence-corrected chi connectivity index (χ0v) is 35.6. The molecule has 0 saturated carbocycles. The first kappa shape index (κ1) is 43.5. The quantitative estimate of drug-likeness (QED) is 0.331. The summed E-state index contributed by atoms with van der Waals surface area (Å²) in [5.41, 5.74) is 1.96. The molecule has 0 aromatic heterocycles. The molecule has 6 aliphatic heterocycles. The van der Waals surface area contributed by atoms with Gasteiger partial charge in [-0.1, -0.05) is 35.4 Å². The van der Waals surface area contributed by atoms with Gasteiger partial charge in [-0.05, 0) is 93.5 Å². The van der Waals surface area contributed by atoms with Crippen LogP contribution < -0.4 is 8.37 Å². The topological polar surface area (TPSA) is 197 Å². The Kier molecular flexibility index (Phi) is 11.8. The Bertz CT molecular complexity index is 1840. The highest BCUT2D eigenvalue weighted by molar-refractivity contribution is 7.82. The standard InChI is InChI=1S/2C19H26O9S/c2*1-11-6-8-12(9-7-11)28-29(20,21)22-10-13-14-15(25-18(2,3)24-14)16-17(23-13)27-19(4,5)26-16/h2*6-9,13-17H,10H2,1-5H3/t2*13?,14-,15-,16?,17+/m00/s1. The van der Waals surface area contributed by atoms with Gasteiger partial charge in [0.1, 0.15) is 60.3 Å². The first-order valence-electron chi connectivity index (χ1n) is 18.9. The van der Waals surface area contributed by atoms with Gasteiger partial charge in [0.2, 0.25) is 0 Å². The van der Waals surface area contributed by atoms with Crippen LogP contribution in [0, 0.1) is 13.8 Å². The molecule has 6 heterocycles. The van der Waals surface area contributed by atoms with Crippen LogP contribution >= 0.6 is 0 Å². The molecular formula is C38H52O18S2. The molecule has 20 heteroatoms. The lowest BCUT2D eigenvalue weighted by atomic mass is 9.99. The highest BCUT2D eigenvalue weighted by Crippen LogP contribution is 2.46. The Hall–Kier alpha value is -2.54. The average molecular weight is 861 g/mol. The van der Waals surface area contributed by atoms with Crippen molar-refractivity contribution in [2.24, 2.45) is 0 Å². The second kappa shape index (κ2) is 15.7. The molecular weight excluding hydrogens is 809 g/mol. The molecule has 2 aromatic rings. The molecule has 0 aliphatic carbocycles. The van der Waals surface area contributed by atoms with Crippen molar-refractivity contribution >= 4 is 20.8 Å². The van der Waals surface area contributed by atoms with Crippen molar-refractivity contribution < 1.29 is 80.9 Å². The molecule has 6 aliphatic rings. The van der Waals surface area contributed by atoms with Gasteiger partial charge in [0.15, 0.2) is 35.7 Å². The molecule has 0 amide bonds. The number of aryl methyl sites for hydroxylation is 2. The predicted molar refractivity (Wildman–Crippen MR) is 198 cm³/mol. The summed E-state index contributed by atoms with van der Waals surface area (Å²) in [4.78, 5) is 0. The first-order chi connectivity index (χ1) is 26.9. The molecule has 8 rings (SSSR count). The normalized spacial score (nSPS) is 35.1. The Morgan fingerprint density at radius 1 is 0.448 bits per heavy atom. The van der Waals surface area contributed by atoms with E-state index in [1.54, 1.807) is 104 Å². The highest BCUT2D eigenvalue weighted by Gasteiger charge is 2.62. The molecule has 6 fully saturated rings. The van der Waals surface area contributed by atoms with Gasteiger partial charge in [-0.15, -0.1) is 0 Å². The summed E-state index contributed by atoms with van der Waals surface area (Å²) >= 11 is 0. The summed E-state index contributed by atoms with van der Waals surface area (Å²) < 4.78 is 128. The van der Waals surface area contributed by atoms with Crippen LogP contribution in [0.5, 0.6) is 11.5 Å². The number of fused-ring (bicyclic) bond motifs is 6. The van der Waals surface area contributed by atoms with E-state index >= 15 is 0 Å². The third kappa shape index (κ3) is 10.3. The lowest BCUT2D eigenvalue weighted by Crippen LogP contribution is -2.56. The summed E-state index contributed by atoms with van der Waals surface area (Å²) in [5, 5.41) is 0. The van der Waals surface area contributed by atoms with E-state index in [2.05, 4.69) is 0 Å². The van der Waals surface area contributed by atoms with Crippen molar-refractivity contribution in [3.8, 4) is 11.5 Å². The van der Waals surface area contributed by atoms with E-state index in [0.29, 0.717) is 0 Å². The molecule has 0 N–H and O–H groups in total. The van der Waals surface area contributed by atoms with Crippen LogP contribution in [0.3, 0.4) is 0 Å². The fourth-order valence-electron chi connectivity index (χ4n) is 7.43. The molecule has 324 valence electrons. The van der Waals surface area contributed by atoms with E-state index in [-0.39, 0.29) is 24.7 Å². The van der Waals surface area contributed by atoms with Crippen molar-refractivity contribution in [2.75, 3.05) is 13.2 Å². The van der Waals surface area contributed by atoms with E-state index in [0.717, 1.165) is 11.1 Å². The summed E-state index contributed by atoms with van der Waals surface area (Å²) in [5.74, 6) is -3.14. The maximum absolute atomic E-state index is 12.2. The first-order valence-corrected chi connectivity index (χ1v) is 21.6. The zero-order valence-electron chi connectivity index (χ0n) is 34.0. The molecule has 0 bridgehead atoms. The fourth-order valence-corrected chi connectivity index (χ4v) is 8.82. The summed E-state index contributed by atoms with van der Waals surface area (Å²) in [6.45, 7) is 17.3. The van der Waals surface area contributed by atoms with Crippen LogP contribution in [0.4, 0.5) is 0 Å². The molecule has 0 radical (unpaired) electrons. The lowest BCUT2D eigenvalue weighted by Gasteiger charge is -2.36. The van der Waals surface area contributed by atoms with Crippen LogP contribution in [0.2, 0.25) is 0 Å². The molecule has 10 atom stereocenters. The molecule has 6 saturated heterocycles. The van der Waals surface area contributed by atoms with Gasteiger partial charge < -0.3 is 55.7 Å². The molecule has 2 aromatic carbocycles. The van der Waals surface area contributed by atoms with E-state index in [4.69, 9.17) is 64.1 Å². The molecule has 58 heavy (non-hydrogen) atoms. The second-order valence-corrected chi connectivity index (χ2v) is 19.0. The number of benzene rings is 2. The summed E-state index contributed by atoms with van der Waals surface area (Å²) in [6, 6.07) is 13.2. The SMILES string of the molecule is Cc1ccc(OS(=O)(=O)OCC2O[C@@H]3OC(C)(C)OC3[C@H]3OC(C)(C)O[C@@H]23)cc1.Cc1ccc(OS(=O)(=O)OCC2O[C@@H]3OC(C)(C)OC3[C@H]3OC(C)(C)O[C@@H]23)cc1. The summed E-state index contributed by atoms with van der Waals surface area (Å²) in [6.07, 6.45) is -6.08. The molecule has 18 nitrogen and oxygen atoms in total. The minimum Gasteiger partial charge on any atom is -0.362 e. The maximum atomic E-state index is 12.2. The number of ether oxygens (including phenoxy) is 10. The number of rotatable bonds is 10. The maximum Gasteiger partial charge on any atom is 0.449 e. The van der Waals surface area contributed by atoms with E-state index in [1.165, 1.54) is 0 Å². The second-order valence-electron chi connectivity index (χ2n) is 16.6. The van der Waals surface area contributed by atoms with E-state index in [9.17, 15) is 16.8 Å². The number of hydrogen-bond donors (Lipinski definition) is 0. The van der Waals surface area contributed by atoms with Gasteiger partial charge >= 0.3 is 20.8 Å². The summed E-state index contributed by atoms with van der Waals surface area (Å²) in [7, 11) is -8.60. The Morgan fingerprint density at radius 3 is 1.09 bits per heavy atom. The van der Waals surface area contributed by atoms with Crippen LogP contribution in [-0.4, -0.2) is 115 Å². The van der Waals surface area contributed by atoms with Crippen molar-refractivity contribution in [1.29, 1.82) is 0 Å². The van der Waals surface area contributed by atoms with Gasteiger partial charge in [-0.3, -0.25) is 0 Å². The minimum absolute atomic E-state index is 0.161. The highest BCUT2D eigenvalue weighted by atomic mass is 32.3. The van der Waals surface area contributed by atoms with Crippen LogP contribution in [0.15, 0.2) is 48.5 Å². The van der Waals surface area contributed by atoms with Crippen molar-refractivity contribution in [1.82, 2.24) is 0 Å². The monoisotopic (exact) mass is 860 g/mol. The van der Waals surface area contributed by atoms with Gasteiger partial charge in [-0.2, -0.15) is 16.8 Å². The molecule has 0 spiro atoms. The van der Waals surface area contributed by atoms with Crippen LogP contribution in [-0.2, 0) is 76.5 Å². The smallest absolute Gasteiger partial charge is 0.362 e. The van der Waals surface area contributed by atoms with Crippen LogP contribution in [0.1, 0.15) is 66.5 Å². The third-order valence-electron chi connectivity index (χ3n) is 9.69. The lowest BCUT2D eigenvalue weighted by molar-refractivity contribution is -0.238. The van der Waals surface area contributed by atoms with Gasteiger partial charge in [0.25, 0.3) is 0 Å². The average Bonchev–Trinajstić information content (AvgIpc) is 3.81. The predicted octanol–water partition coefficient (Wildman–Crippen LogP) is 4.06. The van der Waals surface area contributed by atoms with Gasteiger partial charge in [0.05, 0.1) is 13.2 Å². The fraction of sp³-hybridized carbons (Fsp3) is 0.684. The van der Waals surface area contributed by atoms with Crippen molar-refractivity contribution in [2.45, 2.75) is 154 Å². The van der Waals surface area contributed by atoms with E-state index < -0.39 is 105 Å². The van der Waals surface area contributed by atoms with Gasteiger partial charge in [-0.25, -0.2) is 8.37 Å². The van der Waals surface area contributed by atoms with Gasteiger partial charge in [0, 0.05) is 0 Å². The third-order valence-corrected chi connectivity index (χ3v) is 11.3. The Morgan fingerprint density at radius 2 is 0.741 bits per heavy atom. The van der Waals surface area contributed by atoms with E-state index in [1.807, 2.05) is 13.8 Å². The molecule has 4 unspecified atom stereocenters. The minimum atomic E-state index is -4.30. The Labute approximate surface area is 339 Å². The Balaban J connectivity index is 0.000000177. The van der Waals surface area contributed by atoms with Crippen LogP contribution in [0.25, 0.3) is 0 Å². The number of hydrogen-bond acceptors (Lipinski definition) is 18. The van der Waals surface area contributed by atoms with Crippen molar-refractivity contribution in [3.63, 3.8) is 0 Å².